The molecule has 2 aromatic carbocycles. The number of piperidine rings is 1. The van der Waals surface area contributed by atoms with Crippen molar-refractivity contribution in [3.8, 4) is 5.75 Å². The molecule has 0 radical (unpaired) electrons. The van der Waals surface area contributed by atoms with Crippen LogP contribution in [0.15, 0.2) is 53.4 Å². The molecule has 1 aliphatic rings. The summed E-state index contributed by atoms with van der Waals surface area (Å²) < 4.78 is 32.4. The van der Waals surface area contributed by atoms with Crippen molar-refractivity contribution in [1.82, 2.24) is 4.31 Å². The Bertz CT molecular complexity index is 930. The molecule has 0 aliphatic carbocycles. The Kier molecular flexibility index (Phi) is 6.27. The third kappa shape index (κ3) is 4.32. The maximum absolute atomic E-state index is 13.0. The van der Waals surface area contributed by atoms with Crippen molar-refractivity contribution >= 4 is 33.2 Å². The molecular formula is C20H23ClN2O4S. The maximum Gasteiger partial charge on any atom is 0.243 e. The van der Waals surface area contributed by atoms with Crippen LogP contribution in [-0.2, 0) is 14.8 Å². The van der Waals surface area contributed by atoms with Gasteiger partial charge in [0, 0.05) is 30.8 Å². The Hall–Kier alpha value is -2.09. The van der Waals surface area contributed by atoms with Crippen molar-refractivity contribution in [2.24, 2.45) is 5.92 Å². The summed E-state index contributed by atoms with van der Waals surface area (Å²) in [4.78, 5) is 14.7. The number of benzene rings is 2. The molecule has 1 heterocycles. The van der Waals surface area contributed by atoms with E-state index >= 15 is 0 Å². The molecule has 1 saturated heterocycles. The third-order valence-corrected chi connectivity index (χ3v) is 7.11. The summed E-state index contributed by atoms with van der Waals surface area (Å²) in [6, 6.07) is 13.3. The predicted molar refractivity (Wildman–Crippen MR) is 109 cm³/mol. The van der Waals surface area contributed by atoms with Gasteiger partial charge in [0.05, 0.1) is 17.9 Å². The second-order valence-electron chi connectivity index (χ2n) is 6.75. The molecule has 28 heavy (non-hydrogen) atoms. The van der Waals surface area contributed by atoms with Gasteiger partial charge >= 0.3 is 0 Å². The number of ether oxygens (including phenoxy) is 1. The average molecular weight is 423 g/mol. The fraction of sp³-hybridized carbons (Fsp3) is 0.350. The van der Waals surface area contributed by atoms with Crippen LogP contribution in [0.25, 0.3) is 0 Å². The van der Waals surface area contributed by atoms with Crippen molar-refractivity contribution < 1.29 is 17.9 Å². The molecule has 1 fully saturated rings. The first-order valence-electron chi connectivity index (χ1n) is 9.00. The largest absolute Gasteiger partial charge is 0.497 e. The lowest BCUT2D eigenvalue weighted by Crippen LogP contribution is -2.45. The normalized spacial score (nSPS) is 17.9. The van der Waals surface area contributed by atoms with Crippen molar-refractivity contribution in [1.29, 1.82) is 0 Å². The molecule has 8 heteroatoms. The number of sulfonamides is 1. The predicted octanol–water partition coefficient (Wildman–Crippen LogP) is 3.41. The van der Waals surface area contributed by atoms with E-state index in [2.05, 4.69) is 0 Å². The van der Waals surface area contributed by atoms with E-state index in [9.17, 15) is 13.2 Å². The second kappa shape index (κ2) is 8.51. The van der Waals surface area contributed by atoms with Crippen molar-refractivity contribution in [2.75, 3.05) is 32.1 Å². The van der Waals surface area contributed by atoms with Crippen LogP contribution >= 0.6 is 11.6 Å². The van der Waals surface area contributed by atoms with Gasteiger partial charge in [-0.1, -0.05) is 11.6 Å². The fourth-order valence-corrected chi connectivity index (χ4v) is 4.97. The molecule has 1 atom stereocenters. The maximum atomic E-state index is 13.0. The van der Waals surface area contributed by atoms with Gasteiger partial charge in [0.1, 0.15) is 5.75 Å². The van der Waals surface area contributed by atoms with Crippen LogP contribution in [-0.4, -0.2) is 45.9 Å². The Morgan fingerprint density at radius 2 is 1.79 bits per heavy atom. The van der Waals surface area contributed by atoms with Gasteiger partial charge in [0.15, 0.2) is 0 Å². The van der Waals surface area contributed by atoms with Gasteiger partial charge in [0.25, 0.3) is 0 Å². The molecule has 3 rings (SSSR count). The lowest BCUT2D eigenvalue weighted by molar-refractivity contribution is -0.123. The van der Waals surface area contributed by atoms with Crippen LogP contribution in [0.1, 0.15) is 12.8 Å². The highest BCUT2D eigenvalue weighted by atomic mass is 35.5. The van der Waals surface area contributed by atoms with E-state index in [0.717, 1.165) is 5.69 Å². The van der Waals surface area contributed by atoms with E-state index in [-0.39, 0.29) is 23.3 Å². The van der Waals surface area contributed by atoms with E-state index in [4.69, 9.17) is 16.3 Å². The first-order chi connectivity index (χ1) is 13.3. The lowest BCUT2D eigenvalue weighted by Gasteiger charge is -2.33. The summed E-state index contributed by atoms with van der Waals surface area (Å²) in [6.07, 6.45) is 1.30. The number of amides is 1. The minimum Gasteiger partial charge on any atom is -0.497 e. The Balaban J connectivity index is 1.74. The highest BCUT2D eigenvalue weighted by molar-refractivity contribution is 7.89. The van der Waals surface area contributed by atoms with Gasteiger partial charge in [-0.3, -0.25) is 4.79 Å². The molecule has 2 aromatic rings. The van der Waals surface area contributed by atoms with E-state index < -0.39 is 10.0 Å². The summed E-state index contributed by atoms with van der Waals surface area (Å²) in [5, 5.41) is 0.478. The molecule has 150 valence electrons. The standard InChI is InChI=1S/C20H23ClN2O4S/c1-22(17-7-9-18(27-2)10-8-17)20(24)15-4-3-13-23(14-15)28(25,26)19-11-5-16(21)6-12-19/h5-12,15H,3-4,13-14H2,1-2H3/t15-/m1/s1. The van der Waals surface area contributed by atoms with Crippen molar-refractivity contribution in [3.05, 3.63) is 53.6 Å². The van der Waals surface area contributed by atoms with E-state index in [1.165, 1.54) is 16.4 Å². The van der Waals surface area contributed by atoms with Crippen LogP contribution in [0.3, 0.4) is 0 Å². The number of hydrogen-bond acceptors (Lipinski definition) is 4. The summed E-state index contributed by atoms with van der Waals surface area (Å²) in [5.41, 5.74) is 0.739. The molecular weight excluding hydrogens is 400 g/mol. The molecule has 0 aromatic heterocycles. The topological polar surface area (TPSA) is 66.9 Å². The van der Waals surface area contributed by atoms with Gasteiger partial charge in [0.2, 0.25) is 15.9 Å². The molecule has 6 nitrogen and oxygen atoms in total. The third-order valence-electron chi connectivity index (χ3n) is 4.98. The van der Waals surface area contributed by atoms with Gasteiger partial charge in [-0.25, -0.2) is 8.42 Å². The number of nitrogens with zero attached hydrogens (tertiary/aromatic N) is 2. The number of halogens is 1. The first-order valence-corrected chi connectivity index (χ1v) is 10.8. The first kappa shape index (κ1) is 20.6. The van der Waals surface area contributed by atoms with Crippen LogP contribution < -0.4 is 9.64 Å². The fourth-order valence-electron chi connectivity index (χ4n) is 3.32. The minimum atomic E-state index is -3.66. The van der Waals surface area contributed by atoms with Crippen LogP contribution in [0.2, 0.25) is 5.02 Å². The van der Waals surface area contributed by atoms with E-state index in [0.29, 0.717) is 30.2 Å². The Morgan fingerprint density at radius 1 is 1.14 bits per heavy atom. The molecule has 0 saturated carbocycles. The van der Waals surface area contributed by atoms with E-state index in [1.54, 1.807) is 43.3 Å². The van der Waals surface area contributed by atoms with Gasteiger partial charge in [-0.15, -0.1) is 0 Å². The number of carbonyl (C=O) groups is 1. The van der Waals surface area contributed by atoms with Crippen LogP contribution in [0, 0.1) is 5.92 Å². The Labute approximate surface area is 170 Å². The summed E-state index contributed by atoms with van der Waals surface area (Å²) >= 11 is 5.86. The van der Waals surface area contributed by atoms with E-state index in [1.807, 2.05) is 12.1 Å². The average Bonchev–Trinajstić information content (AvgIpc) is 2.73. The van der Waals surface area contributed by atoms with Gasteiger partial charge < -0.3 is 9.64 Å². The van der Waals surface area contributed by atoms with Crippen molar-refractivity contribution in [2.45, 2.75) is 17.7 Å². The molecule has 1 aliphatic heterocycles. The monoisotopic (exact) mass is 422 g/mol. The number of anilines is 1. The summed E-state index contributed by atoms with van der Waals surface area (Å²) in [5.74, 6) is 0.228. The number of carbonyl (C=O) groups excluding carboxylic acids is 1. The molecule has 0 bridgehead atoms. The summed E-state index contributed by atoms with van der Waals surface area (Å²) in [7, 11) is -0.367. The lowest BCUT2D eigenvalue weighted by atomic mass is 9.98. The zero-order valence-electron chi connectivity index (χ0n) is 15.8. The van der Waals surface area contributed by atoms with Gasteiger partial charge in [-0.2, -0.15) is 4.31 Å². The zero-order chi connectivity index (χ0) is 20.3. The number of hydrogen-bond donors (Lipinski definition) is 0. The second-order valence-corrected chi connectivity index (χ2v) is 9.13. The highest BCUT2D eigenvalue weighted by Crippen LogP contribution is 2.27. The number of methoxy groups -OCH3 is 1. The van der Waals surface area contributed by atoms with Gasteiger partial charge in [-0.05, 0) is 61.4 Å². The zero-order valence-corrected chi connectivity index (χ0v) is 17.4. The molecule has 0 N–H and O–H groups in total. The molecule has 1 amide bonds. The minimum absolute atomic E-state index is 0.0961. The highest BCUT2D eigenvalue weighted by Gasteiger charge is 2.34. The molecule has 0 unspecified atom stereocenters. The number of rotatable bonds is 5. The quantitative estimate of drug-likeness (QED) is 0.740. The summed E-state index contributed by atoms with van der Waals surface area (Å²) in [6.45, 7) is 0.575. The SMILES string of the molecule is COc1ccc(N(C)C(=O)[C@@H]2CCCN(S(=O)(=O)c3ccc(Cl)cc3)C2)cc1. The van der Waals surface area contributed by atoms with Crippen LogP contribution in [0.5, 0.6) is 5.75 Å². The smallest absolute Gasteiger partial charge is 0.243 e. The Morgan fingerprint density at radius 3 is 2.39 bits per heavy atom. The van der Waals surface area contributed by atoms with Crippen LogP contribution in [0.4, 0.5) is 5.69 Å². The van der Waals surface area contributed by atoms with Crippen molar-refractivity contribution in [3.63, 3.8) is 0 Å². The molecule has 0 spiro atoms.